The van der Waals surface area contributed by atoms with E-state index in [4.69, 9.17) is 0 Å². The first kappa shape index (κ1) is 20.6. The Bertz CT molecular complexity index is 1080. The van der Waals surface area contributed by atoms with Crippen LogP contribution in [0.4, 0.5) is 0 Å². The normalized spacial score (nSPS) is 20.1. The Balaban J connectivity index is 1.32. The SMILES string of the molecule is CC1CC(C)CN(CCCNC(=O)CCn2c(=O)c3cccn3c3cccnc32)C1. The Morgan fingerprint density at radius 2 is 1.90 bits per heavy atom. The molecule has 1 fully saturated rings. The molecule has 1 aliphatic rings. The molecule has 1 N–H and O–H groups in total. The van der Waals surface area contributed by atoms with Gasteiger partial charge in [0.15, 0.2) is 5.65 Å². The van der Waals surface area contributed by atoms with Crippen LogP contribution in [0.3, 0.4) is 0 Å². The van der Waals surface area contributed by atoms with Crippen molar-refractivity contribution in [3.05, 3.63) is 47.0 Å². The lowest BCUT2D eigenvalue weighted by Crippen LogP contribution is -2.40. The zero-order valence-electron chi connectivity index (χ0n) is 17.9. The number of carbonyl (C=O) groups excluding carboxylic acids is 1. The third kappa shape index (κ3) is 4.41. The van der Waals surface area contributed by atoms with E-state index in [1.54, 1.807) is 16.8 Å². The van der Waals surface area contributed by atoms with Gasteiger partial charge in [0.05, 0.1) is 5.52 Å². The summed E-state index contributed by atoms with van der Waals surface area (Å²) in [5.74, 6) is 1.48. The first-order chi connectivity index (χ1) is 14.5. The van der Waals surface area contributed by atoms with Gasteiger partial charge in [-0.15, -0.1) is 0 Å². The van der Waals surface area contributed by atoms with Crippen molar-refractivity contribution < 1.29 is 4.79 Å². The van der Waals surface area contributed by atoms with Gasteiger partial charge in [-0.3, -0.25) is 14.2 Å². The number of hydrogen-bond donors (Lipinski definition) is 1. The molecule has 7 heteroatoms. The molecule has 0 aromatic carbocycles. The fourth-order valence-corrected chi connectivity index (χ4v) is 4.80. The van der Waals surface area contributed by atoms with E-state index in [1.807, 2.05) is 28.8 Å². The van der Waals surface area contributed by atoms with Gasteiger partial charge in [-0.2, -0.15) is 0 Å². The van der Waals surface area contributed by atoms with Crippen LogP contribution in [0, 0.1) is 11.8 Å². The maximum absolute atomic E-state index is 12.9. The van der Waals surface area contributed by atoms with Gasteiger partial charge in [0.2, 0.25) is 5.91 Å². The molecule has 0 radical (unpaired) electrons. The van der Waals surface area contributed by atoms with E-state index in [-0.39, 0.29) is 17.9 Å². The number of pyridine rings is 1. The van der Waals surface area contributed by atoms with Crippen molar-refractivity contribution in [2.75, 3.05) is 26.2 Å². The summed E-state index contributed by atoms with van der Waals surface area (Å²) < 4.78 is 3.46. The summed E-state index contributed by atoms with van der Waals surface area (Å²) in [4.78, 5) is 32.1. The van der Waals surface area contributed by atoms with Crippen LogP contribution in [-0.2, 0) is 11.3 Å². The summed E-state index contributed by atoms with van der Waals surface area (Å²) in [6.07, 6.45) is 6.06. The third-order valence-electron chi connectivity index (χ3n) is 5.97. The lowest BCUT2D eigenvalue weighted by Gasteiger charge is -2.34. The van der Waals surface area contributed by atoms with Crippen molar-refractivity contribution in [3.63, 3.8) is 0 Å². The Labute approximate surface area is 176 Å². The number of carbonyl (C=O) groups is 1. The number of fused-ring (bicyclic) bond motifs is 3. The van der Waals surface area contributed by atoms with E-state index in [2.05, 4.69) is 29.0 Å². The van der Waals surface area contributed by atoms with Crippen LogP contribution in [0.1, 0.15) is 33.1 Å². The molecule has 7 nitrogen and oxygen atoms in total. The zero-order chi connectivity index (χ0) is 21.1. The maximum atomic E-state index is 12.9. The summed E-state index contributed by atoms with van der Waals surface area (Å²) in [7, 11) is 0. The lowest BCUT2D eigenvalue weighted by molar-refractivity contribution is -0.121. The van der Waals surface area contributed by atoms with Gasteiger partial charge in [-0.1, -0.05) is 13.8 Å². The van der Waals surface area contributed by atoms with Crippen molar-refractivity contribution >= 4 is 22.6 Å². The molecule has 1 saturated heterocycles. The third-order valence-corrected chi connectivity index (χ3v) is 5.97. The number of nitrogens with one attached hydrogen (secondary N) is 1. The number of aryl methyl sites for hydroxylation is 1. The number of nitrogens with zero attached hydrogens (tertiary/aromatic N) is 4. The summed E-state index contributed by atoms with van der Waals surface area (Å²) >= 11 is 0. The summed E-state index contributed by atoms with van der Waals surface area (Å²) in [6.45, 7) is 8.96. The summed E-state index contributed by atoms with van der Waals surface area (Å²) in [5, 5.41) is 3.01. The molecule has 30 heavy (non-hydrogen) atoms. The van der Waals surface area contributed by atoms with Crippen molar-refractivity contribution in [2.24, 2.45) is 11.8 Å². The van der Waals surface area contributed by atoms with E-state index in [9.17, 15) is 9.59 Å². The Hall–Kier alpha value is -2.67. The Morgan fingerprint density at radius 3 is 2.70 bits per heavy atom. The summed E-state index contributed by atoms with van der Waals surface area (Å²) in [6, 6.07) is 7.44. The van der Waals surface area contributed by atoms with Gasteiger partial charge < -0.3 is 14.6 Å². The minimum absolute atomic E-state index is 0.0263. The highest BCUT2D eigenvalue weighted by Gasteiger charge is 2.21. The minimum atomic E-state index is -0.118. The second kappa shape index (κ2) is 9.00. The van der Waals surface area contributed by atoms with Crippen molar-refractivity contribution in [2.45, 2.75) is 39.7 Å². The van der Waals surface area contributed by atoms with Gasteiger partial charge in [-0.05, 0) is 55.5 Å². The molecule has 2 unspecified atom stereocenters. The fourth-order valence-electron chi connectivity index (χ4n) is 4.80. The molecule has 1 aliphatic heterocycles. The van der Waals surface area contributed by atoms with E-state index < -0.39 is 0 Å². The topological polar surface area (TPSA) is 71.6 Å². The molecule has 2 atom stereocenters. The van der Waals surface area contributed by atoms with E-state index in [0.717, 1.165) is 43.4 Å². The largest absolute Gasteiger partial charge is 0.356 e. The highest BCUT2D eigenvalue weighted by Crippen LogP contribution is 2.20. The number of aromatic nitrogens is 3. The second-order valence-corrected chi connectivity index (χ2v) is 8.73. The van der Waals surface area contributed by atoms with Gasteiger partial charge in [-0.25, -0.2) is 4.98 Å². The molecule has 1 amide bonds. The second-order valence-electron chi connectivity index (χ2n) is 8.73. The number of rotatable bonds is 7. The molecule has 4 heterocycles. The molecule has 0 aliphatic carbocycles. The standard InChI is InChI=1S/C23H31N5O2/c1-17-14-18(2)16-26(15-17)11-5-10-24-21(29)8-13-28-22-19(6-3-9-25-22)27-12-4-7-20(27)23(28)30/h3-4,6-7,9,12,17-18H,5,8,10-11,13-16H2,1-2H3,(H,24,29). The van der Waals surface area contributed by atoms with Crippen molar-refractivity contribution in [1.82, 2.24) is 24.2 Å². The Morgan fingerprint density at radius 1 is 1.13 bits per heavy atom. The lowest BCUT2D eigenvalue weighted by atomic mass is 9.92. The van der Waals surface area contributed by atoms with E-state index >= 15 is 0 Å². The predicted molar refractivity (Wildman–Crippen MR) is 119 cm³/mol. The highest BCUT2D eigenvalue weighted by atomic mass is 16.2. The van der Waals surface area contributed by atoms with Crippen molar-refractivity contribution in [1.29, 1.82) is 0 Å². The van der Waals surface area contributed by atoms with Crippen LogP contribution in [0.25, 0.3) is 16.7 Å². The van der Waals surface area contributed by atoms with Crippen LogP contribution >= 0.6 is 0 Å². The molecular weight excluding hydrogens is 378 g/mol. The van der Waals surface area contributed by atoms with Crippen LogP contribution in [-0.4, -0.2) is 50.9 Å². The number of likely N-dealkylation sites (tertiary alicyclic amines) is 1. The van der Waals surface area contributed by atoms with E-state index in [1.165, 1.54) is 6.42 Å². The maximum Gasteiger partial charge on any atom is 0.276 e. The highest BCUT2D eigenvalue weighted by molar-refractivity contribution is 5.77. The van der Waals surface area contributed by atoms with Crippen LogP contribution < -0.4 is 10.9 Å². The van der Waals surface area contributed by atoms with E-state index in [0.29, 0.717) is 24.3 Å². The fraction of sp³-hybridized carbons (Fsp3) is 0.522. The van der Waals surface area contributed by atoms with Gasteiger partial charge in [0.25, 0.3) is 5.56 Å². The summed E-state index contributed by atoms with van der Waals surface area (Å²) in [5.41, 5.74) is 1.95. The number of amides is 1. The average Bonchev–Trinajstić information content (AvgIpc) is 3.21. The number of piperidine rings is 1. The molecule has 4 rings (SSSR count). The first-order valence-electron chi connectivity index (χ1n) is 11.0. The van der Waals surface area contributed by atoms with Crippen molar-refractivity contribution in [3.8, 4) is 0 Å². The molecule has 3 aromatic heterocycles. The quantitative estimate of drug-likeness (QED) is 0.609. The molecule has 0 bridgehead atoms. The molecular formula is C23H31N5O2. The minimum Gasteiger partial charge on any atom is -0.356 e. The molecule has 160 valence electrons. The molecule has 0 saturated carbocycles. The van der Waals surface area contributed by atoms with Crippen LogP contribution in [0.15, 0.2) is 41.5 Å². The monoisotopic (exact) mass is 409 g/mol. The predicted octanol–water partition coefficient (Wildman–Crippen LogP) is 2.52. The van der Waals surface area contributed by atoms with Crippen LogP contribution in [0.2, 0.25) is 0 Å². The van der Waals surface area contributed by atoms with Crippen LogP contribution in [0.5, 0.6) is 0 Å². The zero-order valence-corrected chi connectivity index (χ0v) is 17.9. The van der Waals surface area contributed by atoms with Gasteiger partial charge in [0, 0.05) is 45.0 Å². The van der Waals surface area contributed by atoms with Gasteiger partial charge >= 0.3 is 0 Å². The smallest absolute Gasteiger partial charge is 0.276 e. The first-order valence-corrected chi connectivity index (χ1v) is 11.0. The average molecular weight is 410 g/mol. The van der Waals surface area contributed by atoms with Gasteiger partial charge in [0.1, 0.15) is 5.52 Å². The number of hydrogen-bond acceptors (Lipinski definition) is 4. The molecule has 0 spiro atoms. The Kier molecular flexibility index (Phi) is 6.18. The molecule has 3 aromatic rings.